The van der Waals surface area contributed by atoms with Crippen LogP contribution < -0.4 is 21.9 Å². The van der Waals surface area contributed by atoms with Gasteiger partial charge in [-0.1, -0.05) is 57.5 Å². The molecule has 0 fully saturated rings. The molecule has 1 amide bonds. The number of aromatic amines is 1. The summed E-state index contributed by atoms with van der Waals surface area (Å²) in [5, 5.41) is 0. The SMILES string of the molecule is CCCCN(C(=O)CN1CCn2cccc2C1c1ccccc1)c1c(N)n(CC(C)C)c(=O)[nH]c1=O. The van der Waals surface area contributed by atoms with Crippen LogP contribution in [0.5, 0.6) is 0 Å². The Labute approximate surface area is 211 Å². The molecule has 0 radical (unpaired) electrons. The molecule has 4 rings (SSSR count). The van der Waals surface area contributed by atoms with Crippen molar-refractivity contribution in [2.75, 3.05) is 30.3 Å². The minimum absolute atomic E-state index is 0.0361. The summed E-state index contributed by atoms with van der Waals surface area (Å²) in [6.45, 7) is 8.24. The first kappa shape index (κ1) is 25.5. The van der Waals surface area contributed by atoms with Gasteiger partial charge in [0.2, 0.25) is 5.91 Å². The molecule has 1 aromatic carbocycles. The van der Waals surface area contributed by atoms with Crippen molar-refractivity contribution in [2.45, 2.75) is 52.7 Å². The zero-order chi connectivity index (χ0) is 25.8. The van der Waals surface area contributed by atoms with Crippen LogP contribution in [0.15, 0.2) is 58.3 Å². The fourth-order valence-electron chi connectivity index (χ4n) is 4.94. The number of hydrogen-bond acceptors (Lipinski definition) is 5. The van der Waals surface area contributed by atoms with Gasteiger partial charge < -0.3 is 15.2 Å². The Hall–Kier alpha value is -3.59. The lowest BCUT2D eigenvalue weighted by atomic mass is 10.00. The zero-order valence-corrected chi connectivity index (χ0v) is 21.3. The number of unbranched alkanes of at least 4 members (excludes halogenated alkanes) is 1. The molecule has 1 unspecified atom stereocenters. The van der Waals surface area contributed by atoms with Gasteiger partial charge in [-0.05, 0) is 30.0 Å². The second-order valence-electron chi connectivity index (χ2n) is 9.81. The largest absolute Gasteiger partial charge is 0.383 e. The van der Waals surface area contributed by atoms with E-state index in [1.807, 2.05) is 45.0 Å². The summed E-state index contributed by atoms with van der Waals surface area (Å²) >= 11 is 0. The number of nitrogen functional groups attached to an aromatic ring is 1. The number of anilines is 2. The van der Waals surface area contributed by atoms with E-state index in [9.17, 15) is 14.4 Å². The molecule has 0 bridgehead atoms. The number of nitrogens with two attached hydrogens (primary N) is 1. The van der Waals surface area contributed by atoms with Gasteiger partial charge in [-0.2, -0.15) is 0 Å². The Morgan fingerprint density at radius 3 is 2.58 bits per heavy atom. The highest BCUT2D eigenvalue weighted by atomic mass is 16.2. The normalized spacial score (nSPS) is 15.7. The van der Waals surface area contributed by atoms with Crippen LogP contribution in [0.3, 0.4) is 0 Å². The van der Waals surface area contributed by atoms with Crippen molar-refractivity contribution in [3.05, 3.63) is 80.8 Å². The molecule has 36 heavy (non-hydrogen) atoms. The van der Waals surface area contributed by atoms with Gasteiger partial charge in [0.1, 0.15) is 5.82 Å². The van der Waals surface area contributed by atoms with Gasteiger partial charge in [-0.15, -0.1) is 0 Å². The Morgan fingerprint density at radius 2 is 1.89 bits per heavy atom. The number of carbonyl (C=O) groups is 1. The quantitative estimate of drug-likeness (QED) is 0.477. The van der Waals surface area contributed by atoms with E-state index >= 15 is 0 Å². The zero-order valence-electron chi connectivity index (χ0n) is 21.3. The van der Waals surface area contributed by atoms with Crippen molar-refractivity contribution in [3.63, 3.8) is 0 Å². The van der Waals surface area contributed by atoms with E-state index in [2.05, 4.69) is 38.8 Å². The molecule has 1 aliphatic heterocycles. The molecule has 0 saturated heterocycles. The summed E-state index contributed by atoms with van der Waals surface area (Å²) in [5.74, 6) is -0.0369. The van der Waals surface area contributed by atoms with Crippen molar-refractivity contribution in [3.8, 4) is 0 Å². The summed E-state index contributed by atoms with van der Waals surface area (Å²) in [5.41, 5.74) is 7.48. The Balaban J connectivity index is 1.70. The lowest BCUT2D eigenvalue weighted by Crippen LogP contribution is -2.48. The van der Waals surface area contributed by atoms with E-state index in [4.69, 9.17) is 5.73 Å². The molecule has 0 aliphatic carbocycles. The molecule has 2 aromatic heterocycles. The average Bonchev–Trinajstić information content (AvgIpc) is 3.32. The first-order chi connectivity index (χ1) is 17.3. The summed E-state index contributed by atoms with van der Waals surface area (Å²) in [4.78, 5) is 45.3. The van der Waals surface area contributed by atoms with Crippen LogP contribution in [0.1, 0.15) is 50.9 Å². The predicted molar refractivity (Wildman–Crippen MR) is 142 cm³/mol. The minimum Gasteiger partial charge on any atom is -0.383 e. The third-order valence-electron chi connectivity index (χ3n) is 6.66. The third kappa shape index (κ3) is 5.16. The highest BCUT2D eigenvalue weighted by Crippen LogP contribution is 2.32. The summed E-state index contributed by atoms with van der Waals surface area (Å²) in [6, 6.07) is 14.2. The maximum atomic E-state index is 13.8. The van der Waals surface area contributed by atoms with Crippen LogP contribution in [0.25, 0.3) is 0 Å². The number of carbonyl (C=O) groups excluding carboxylic acids is 1. The molecule has 3 heterocycles. The van der Waals surface area contributed by atoms with Crippen LogP contribution in [0.2, 0.25) is 0 Å². The van der Waals surface area contributed by atoms with Gasteiger partial charge in [0, 0.05) is 38.1 Å². The van der Waals surface area contributed by atoms with Crippen molar-refractivity contribution in [1.29, 1.82) is 0 Å². The van der Waals surface area contributed by atoms with Crippen molar-refractivity contribution >= 4 is 17.4 Å². The van der Waals surface area contributed by atoms with Crippen LogP contribution in [0, 0.1) is 5.92 Å². The maximum Gasteiger partial charge on any atom is 0.330 e. The monoisotopic (exact) mass is 492 g/mol. The number of hydrogen-bond donors (Lipinski definition) is 2. The predicted octanol–water partition coefficient (Wildman–Crippen LogP) is 2.81. The van der Waals surface area contributed by atoms with E-state index in [0.29, 0.717) is 26.1 Å². The second-order valence-corrected chi connectivity index (χ2v) is 9.81. The van der Waals surface area contributed by atoms with E-state index in [1.165, 1.54) is 9.47 Å². The highest BCUT2D eigenvalue weighted by molar-refractivity contribution is 5.96. The first-order valence-corrected chi connectivity index (χ1v) is 12.7. The number of amides is 1. The molecule has 3 N–H and O–H groups in total. The van der Waals surface area contributed by atoms with Gasteiger partial charge in [0.15, 0.2) is 5.69 Å². The number of fused-ring (bicyclic) bond motifs is 1. The summed E-state index contributed by atoms with van der Waals surface area (Å²) < 4.78 is 3.58. The number of nitrogens with zero attached hydrogens (tertiary/aromatic N) is 4. The Morgan fingerprint density at radius 1 is 1.14 bits per heavy atom. The highest BCUT2D eigenvalue weighted by Gasteiger charge is 2.32. The molecule has 9 nitrogen and oxygen atoms in total. The van der Waals surface area contributed by atoms with Gasteiger partial charge in [-0.25, -0.2) is 4.79 Å². The van der Waals surface area contributed by atoms with Gasteiger partial charge in [-0.3, -0.25) is 24.0 Å². The van der Waals surface area contributed by atoms with E-state index in [-0.39, 0.29) is 35.9 Å². The topological polar surface area (TPSA) is 109 Å². The summed E-state index contributed by atoms with van der Waals surface area (Å²) in [6.07, 6.45) is 3.62. The van der Waals surface area contributed by atoms with Crippen LogP contribution >= 0.6 is 0 Å². The molecule has 0 spiro atoms. The lowest BCUT2D eigenvalue weighted by molar-refractivity contribution is -0.120. The number of rotatable bonds is 9. The fourth-order valence-corrected chi connectivity index (χ4v) is 4.94. The fraction of sp³-hybridized carbons (Fsp3) is 0.444. The van der Waals surface area contributed by atoms with E-state index in [0.717, 1.165) is 24.2 Å². The second kappa shape index (κ2) is 11.0. The van der Waals surface area contributed by atoms with Crippen LogP contribution in [-0.2, 0) is 17.9 Å². The Kier molecular flexibility index (Phi) is 7.79. The minimum atomic E-state index is -0.630. The smallest absolute Gasteiger partial charge is 0.330 e. The van der Waals surface area contributed by atoms with Gasteiger partial charge in [0.05, 0.1) is 12.6 Å². The van der Waals surface area contributed by atoms with Crippen molar-refractivity contribution in [2.24, 2.45) is 5.92 Å². The van der Waals surface area contributed by atoms with E-state index in [1.54, 1.807) is 0 Å². The molecule has 9 heteroatoms. The maximum absolute atomic E-state index is 13.8. The molecular weight excluding hydrogens is 456 g/mol. The lowest BCUT2D eigenvalue weighted by Gasteiger charge is -2.38. The molecule has 0 saturated carbocycles. The Bertz CT molecular complexity index is 1310. The molecule has 3 aromatic rings. The van der Waals surface area contributed by atoms with Crippen molar-refractivity contribution < 1.29 is 4.79 Å². The third-order valence-corrected chi connectivity index (χ3v) is 6.66. The molecule has 1 aliphatic rings. The number of aromatic nitrogens is 3. The van der Waals surface area contributed by atoms with Crippen molar-refractivity contribution in [1.82, 2.24) is 19.0 Å². The molecule has 1 atom stereocenters. The summed E-state index contributed by atoms with van der Waals surface area (Å²) in [7, 11) is 0. The number of benzene rings is 1. The van der Waals surface area contributed by atoms with Crippen LogP contribution in [0.4, 0.5) is 11.5 Å². The molecular formula is C27H36N6O3. The van der Waals surface area contributed by atoms with Gasteiger partial charge in [0.25, 0.3) is 5.56 Å². The number of nitrogens with one attached hydrogen (secondary N) is 1. The standard InChI is InChI=1S/C27H36N6O3/c1-4-5-14-32(24-25(28)33(17-19(2)3)27(36)29-26(24)35)22(34)18-31-16-15-30-13-9-12-21(30)23(31)20-10-7-6-8-11-20/h6-13,19,23H,4-5,14-18,28H2,1-3H3,(H,29,35,36). The average molecular weight is 493 g/mol. The van der Waals surface area contributed by atoms with Crippen LogP contribution in [-0.4, -0.2) is 44.6 Å². The van der Waals surface area contributed by atoms with E-state index < -0.39 is 11.2 Å². The van der Waals surface area contributed by atoms with Gasteiger partial charge >= 0.3 is 5.69 Å². The first-order valence-electron chi connectivity index (χ1n) is 12.7. The number of H-pyrrole nitrogens is 1. The molecule has 192 valence electrons.